The van der Waals surface area contributed by atoms with E-state index in [9.17, 15) is 0 Å². The Morgan fingerprint density at radius 2 is 2.00 bits per heavy atom. The first-order valence-corrected chi connectivity index (χ1v) is 6.31. The van der Waals surface area contributed by atoms with Crippen molar-refractivity contribution in [2.24, 2.45) is 0 Å². The van der Waals surface area contributed by atoms with Crippen molar-refractivity contribution in [3.63, 3.8) is 0 Å². The summed E-state index contributed by atoms with van der Waals surface area (Å²) in [6, 6.07) is 0.747. The van der Waals surface area contributed by atoms with Crippen LogP contribution in [-0.4, -0.2) is 60.8 Å². The summed E-state index contributed by atoms with van der Waals surface area (Å²) < 4.78 is 0. The van der Waals surface area contributed by atoms with Crippen LogP contribution in [0.5, 0.6) is 0 Å². The molecule has 1 N–H and O–H groups in total. The number of aliphatic hydroxyl groups excluding tert-OH is 1. The third-order valence-electron chi connectivity index (χ3n) is 3.46. The summed E-state index contributed by atoms with van der Waals surface area (Å²) in [5, 5.41) is 8.70. The lowest BCUT2D eigenvalue weighted by Crippen LogP contribution is -2.51. The van der Waals surface area contributed by atoms with E-state index in [0.29, 0.717) is 6.61 Å². The maximum atomic E-state index is 8.70. The molecule has 90 valence electrons. The van der Waals surface area contributed by atoms with E-state index in [1.54, 1.807) is 0 Å². The third-order valence-corrected chi connectivity index (χ3v) is 3.46. The number of nitrogens with zero attached hydrogens (tertiary/aromatic N) is 2. The Morgan fingerprint density at radius 1 is 1.20 bits per heavy atom. The number of unbranched alkanes of at least 4 members (excludes halogenated alkanes) is 2. The minimum Gasteiger partial charge on any atom is -0.396 e. The number of likely N-dealkylation sites (N-methyl/N-ethyl adjacent to an activating group) is 1. The van der Waals surface area contributed by atoms with Gasteiger partial charge in [0.25, 0.3) is 0 Å². The van der Waals surface area contributed by atoms with E-state index in [-0.39, 0.29) is 0 Å². The van der Waals surface area contributed by atoms with Gasteiger partial charge in [-0.2, -0.15) is 0 Å². The molecule has 1 heterocycles. The van der Waals surface area contributed by atoms with Gasteiger partial charge in [0.15, 0.2) is 0 Å². The average Bonchev–Trinajstić information content (AvgIpc) is 2.26. The van der Waals surface area contributed by atoms with Crippen LogP contribution in [0.4, 0.5) is 0 Å². The van der Waals surface area contributed by atoms with Crippen molar-refractivity contribution >= 4 is 0 Å². The van der Waals surface area contributed by atoms with Crippen molar-refractivity contribution in [2.45, 2.75) is 38.6 Å². The van der Waals surface area contributed by atoms with Gasteiger partial charge in [-0.3, -0.25) is 0 Å². The minimum atomic E-state index is 0.348. The SMILES string of the molecule is CCC1CN(CCCCCO)CCN1C. The number of hydrogen-bond acceptors (Lipinski definition) is 3. The maximum absolute atomic E-state index is 8.70. The molecule has 0 saturated carbocycles. The molecule has 0 aromatic heterocycles. The Morgan fingerprint density at radius 3 is 2.67 bits per heavy atom. The fraction of sp³-hybridized carbons (Fsp3) is 1.00. The van der Waals surface area contributed by atoms with Crippen LogP contribution >= 0.6 is 0 Å². The summed E-state index contributed by atoms with van der Waals surface area (Å²) in [5.74, 6) is 0. The second kappa shape index (κ2) is 7.20. The van der Waals surface area contributed by atoms with Crippen molar-refractivity contribution in [3.8, 4) is 0 Å². The van der Waals surface area contributed by atoms with Gasteiger partial charge in [-0.05, 0) is 39.3 Å². The lowest BCUT2D eigenvalue weighted by molar-refractivity contribution is 0.0916. The molecule has 0 radical (unpaired) electrons. The van der Waals surface area contributed by atoms with Crippen LogP contribution < -0.4 is 0 Å². The fourth-order valence-electron chi connectivity index (χ4n) is 2.28. The van der Waals surface area contributed by atoms with Gasteiger partial charge in [0, 0.05) is 32.3 Å². The summed E-state index contributed by atoms with van der Waals surface area (Å²) >= 11 is 0. The van der Waals surface area contributed by atoms with Crippen molar-refractivity contribution in [1.29, 1.82) is 0 Å². The van der Waals surface area contributed by atoms with Crippen LogP contribution in [0, 0.1) is 0 Å². The highest BCUT2D eigenvalue weighted by Gasteiger charge is 2.21. The molecule has 0 bridgehead atoms. The molecular weight excluding hydrogens is 188 g/mol. The highest BCUT2D eigenvalue weighted by Crippen LogP contribution is 2.11. The van der Waals surface area contributed by atoms with Crippen LogP contribution in [0.15, 0.2) is 0 Å². The molecule has 1 aliphatic heterocycles. The van der Waals surface area contributed by atoms with E-state index in [2.05, 4.69) is 23.8 Å². The van der Waals surface area contributed by atoms with E-state index >= 15 is 0 Å². The first-order chi connectivity index (χ1) is 7.27. The molecule has 1 rings (SSSR count). The van der Waals surface area contributed by atoms with Crippen LogP contribution in [0.2, 0.25) is 0 Å². The van der Waals surface area contributed by atoms with Gasteiger partial charge in [-0.25, -0.2) is 0 Å². The van der Waals surface area contributed by atoms with Crippen molar-refractivity contribution in [2.75, 3.05) is 39.8 Å². The first kappa shape index (κ1) is 12.9. The number of aliphatic hydroxyl groups is 1. The second-order valence-corrected chi connectivity index (χ2v) is 4.63. The van der Waals surface area contributed by atoms with E-state index < -0.39 is 0 Å². The standard InChI is InChI=1S/C12H26N2O/c1-3-12-11-14(9-8-13(12)2)7-5-4-6-10-15/h12,15H,3-11H2,1-2H3. The molecule has 0 aromatic carbocycles. The normalized spacial score (nSPS) is 24.6. The highest BCUT2D eigenvalue weighted by molar-refractivity contribution is 4.78. The van der Waals surface area contributed by atoms with Gasteiger partial charge in [-0.1, -0.05) is 6.92 Å². The summed E-state index contributed by atoms with van der Waals surface area (Å²) in [4.78, 5) is 5.05. The van der Waals surface area contributed by atoms with Gasteiger partial charge >= 0.3 is 0 Å². The predicted octanol–water partition coefficient (Wildman–Crippen LogP) is 1.18. The molecule has 15 heavy (non-hydrogen) atoms. The lowest BCUT2D eigenvalue weighted by Gasteiger charge is -2.39. The summed E-state index contributed by atoms with van der Waals surface area (Å²) in [7, 11) is 2.23. The van der Waals surface area contributed by atoms with Gasteiger partial charge in [0.05, 0.1) is 0 Å². The van der Waals surface area contributed by atoms with Gasteiger partial charge in [-0.15, -0.1) is 0 Å². The van der Waals surface area contributed by atoms with E-state index in [4.69, 9.17) is 5.11 Å². The summed E-state index contributed by atoms with van der Waals surface area (Å²) in [6.45, 7) is 7.48. The molecule has 0 amide bonds. The highest BCUT2D eigenvalue weighted by atomic mass is 16.2. The van der Waals surface area contributed by atoms with E-state index in [1.165, 1.54) is 45.4 Å². The Bertz CT molecular complexity index is 164. The summed E-state index contributed by atoms with van der Waals surface area (Å²) in [6.07, 6.45) is 4.62. The average molecular weight is 214 g/mol. The Labute approximate surface area is 94.1 Å². The molecule has 3 heteroatoms. The second-order valence-electron chi connectivity index (χ2n) is 4.63. The molecule has 1 fully saturated rings. The zero-order valence-electron chi connectivity index (χ0n) is 10.3. The van der Waals surface area contributed by atoms with Crippen LogP contribution in [0.3, 0.4) is 0 Å². The molecule has 1 saturated heterocycles. The smallest absolute Gasteiger partial charge is 0.0431 e. The largest absolute Gasteiger partial charge is 0.396 e. The van der Waals surface area contributed by atoms with Crippen LogP contribution in [-0.2, 0) is 0 Å². The van der Waals surface area contributed by atoms with E-state index in [1.807, 2.05) is 0 Å². The minimum absolute atomic E-state index is 0.348. The molecule has 0 spiro atoms. The Hall–Kier alpha value is -0.120. The number of rotatable bonds is 6. The third kappa shape index (κ3) is 4.49. The molecule has 1 aliphatic rings. The molecule has 3 nitrogen and oxygen atoms in total. The lowest BCUT2D eigenvalue weighted by atomic mass is 10.1. The quantitative estimate of drug-likeness (QED) is 0.673. The first-order valence-electron chi connectivity index (χ1n) is 6.31. The van der Waals surface area contributed by atoms with Gasteiger partial charge < -0.3 is 14.9 Å². The number of hydrogen-bond donors (Lipinski definition) is 1. The molecule has 0 aliphatic carbocycles. The molecule has 0 aromatic rings. The monoisotopic (exact) mass is 214 g/mol. The van der Waals surface area contributed by atoms with Crippen molar-refractivity contribution in [1.82, 2.24) is 9.80 Å². The fourth-order valence-corrected chi connectivity index (χ4v) is 2.28. The zero-order valence-corrected chi connectivity index (χ0v) is 10.3. The summed E-state index contributed by atoms with van der Waals surface area (Å²) in [5.41, 5.74) is 0. The Balaban J connectivity index is 2.14. The zero-order chi connectivity index (χ0) is 11.1. The Kier molecular flexibility index (Phi) is 6.22. The van der Waals surface area contributed by atoms with Gasteiger partial charge in [0.1, 0.15) is 0 Å². The van der Waals surface area contributed by atoms with Crippen molar-refractivity contribution in [3.05, 3.63) is 0 Å². The van der Waals surface area contributed by atoms with Crippen LogP contribution in [0.25, 0.3) is 0 Å². The molecular formula is C12H26N2O. The maximum Gasteiger partial charge on any atom is 0.0431 e. The topological polar surface area (TPSA) is 26.7 Å². The van der Waals surface area contributed by atoms with Gasteiger partial charge in [0.2, 0.25) is 0 Å². The molecule has 1 atom stereocenters. The number of piperazine rings is 1. The van der Waals surface area contributed by atoms with E-state index in [0.717, 1.165) is 12.5 Å². The van der Waals surface area contributed by atoms with Crippen molar-refractivity contribution < 1.29 is 5.11 Å². The molecule has 1 unspecified atom stereocenters. The van der Waals surface area contributed by atoms with Crippen LogP contribution in [0.1, 0.15) is 32.6 Å². The predicted molar refractivity (Wildman–Crippen MR) is 64.1 cm³/mol.